The first-order valence-corrected chi connectivity index (χ1v) is 32.6. The first-order chi connectivity index (χ1) is 37.2. The minimum atomic E-state index is -0.846. The van der Waals surface area contributed by atoms with Crippen LogP contribution in [0.5, 0.6) is 0 Å². The molecule has 75 heavy (non-hydrogen) atoms. The van der Waals surface area contributed by atoms with Gasteiger partial charge < -0.3 is 15.5 Å². The average molecular weight is 1040 g/mol. The Bertz CT molecular complexity index is 1410. The highest BCUT2D eigenvalue weighted by Crippen LogP contribution is 2.17. The summed E-state index contributed by atoms with van der Waals surface area (Å²) in [5, 5.41) is 23.3. The minimum Gasteiger partial charge on any atom is -0.394 e. The van der Waals surface area contributed by atoms with Crippen LogP contribution >= 0.6 is 0 Å². The third kappa shape index (κ3) is 61.8. The average Bonchev–Trinajstić information content (AvgIpc) is 3.41. The normalized spacial score (nSPS) is 13.5. The van der Waals surface area contributed by atoms with Crippen molar-refractivity contribution in [2.45, 2.75) is 328 Å². The van der Waals surface area contributed by atoms with Gasteiger partial charge in [0, 0.05) is 6.42 Å². The molecule has 0 spiro atoms. The maximum absolute atomic E-state index is 12.5. The van der Waals surface area contributed by atoms with Crippen molar-refractivity contribution in [1.29, 1.82) is 0 Å². The Balaban J connectivity index is 3.52. The van der Waals surface area contributed by atoms with Gasteiger partial charge in [-0.1, -0.05) is 335 Å². The fourth-order valence-electron chi connectivity index (χ4n) is 9.61. The highest BCUT2D eigenvalue weighted by molar-refractivity contribution is 5.76. The zero-order valence-electron chi connectivity index (χ0n) is 49.8. The molecule has 3 N–H and O–H groups in total. The molecule has 0 saturated carbocycles. The molecule has 0 rings (SSSR count). The number of aliphatic hydroxyl groups is 2. The maximum Gasteiger partial charge on any atom is 0.220 e. The summed E-state index contributed by atoms with van der Waals surface area (Å²) in [6.45, 7) is 4.22. The predicted octanol–water partition coefficient (Wildman–Crippen LogP) is 22.2. The van der Waals surface area contributed by atoms with E-state index in [4.69, 9.17) is 0 Å². The van der Waals surface area contributed by atoms with Crippen LogP contribution in [0.1, 0.15) is 316 Å². The van der Waals surface area contributed by atoms with Crippen LogP contribution in [-0.2, 0) is 4.79 Å². The second-order valence-corrected chi connectivity index (χ2v) is 21.8. The fraction of sp³-hybridized carbons (Fsp3) is 0.732. The fourth-order valence-corrected chi connectivity index (χ4v) is 9.61. The number of hydrogen-bond donors (Lipinski definition) is 3. The van der Waals surface area contributed by atoms with E-state index in [9.17, 15) is 15.0 Å². The number of carbonyl (C=O) groups excluding carboxylic acids is 1. The van der Waals surface area contributed by atoms with Crippen molar-refractivity contribution >= 4 is 5.91 Å². The van der Waals surface area contributed by atoms with Crippen LogP contribution in [0.4, 0.5) is 0 Å². The van der Waals surface area contributed by atoms with Crippen LogP contribution in [-0.4, -0.2) is 34.9 Å². The standard InChI is InChI=1S/C71H125NO3/c1-3-5-7-9-11-13-15-17-19-21-23-25-27-29-30-31-32-33-34-35-36-37-38-39-40-41-42-43-45-47-49-51-53-55-57-59-61-63-65-67-71(75)72-69(68-73)70(74)66-64-62-60-58-56-54-52-50-48-46-44-28-26-24-22-20-18-16-14-12-10-8-6-4-2/h5,7,11,13,17,19,23,25,29-30,32-33,35-36,38-39,64,66,69-70,73-74H,3-4,6,8-10,12,14-16,18,20-22,24,26-28,31,34,37,40-63,65,67-68H2,1-2H3,(H,72,75)/b7-5-,13-11-,19-17-,25-23-,30-29-,33-32-,36-35-,39-38-,66-64+. The second kappa shape index (κ2) is 65.3. The molecule has 0 aliphatic heterocycles. The number of amides is 1. The molecule has 0 aliphatic carbocycles. The third-order valence-electron chi connectivity index (χ3n) is 14.5. The van der Waals surface area contributed by atoms with E-state index in [1.807, 2.05) is 6.08 Å². The van der Waals surface area contributed by atoms with Gasteiger partial charge in [-0.2, -0.15) is 0 Å². The molecular weight excluding hydrogens is 915 g/mol. The SMILES string of the molecule is CC/C=C\C/C=C\C/C=C\C/C=C\C/C=C\C/C=C\C/C=C\C/C=C\CCCCCCCCCCCCCCCCC(=O)NC(CO)C(O)/C=C/CCCCCCCCCCCCCCCCCCCCCCCC. The Kier molecular flexibility index (Phi) is 62.8. The maximum atomic E-state index is 12.5. The van der Waals surface area contributed by atoms with Gasteiger partial charge in [0.25, 0.3) is 0 Å². The number of unbranched alkanes of at least 4 members (excludes halogenated alkanes) is 36. The number of rotatable bonds is 59. The van der Waals surface area contributed by atoms with Crippen LogP contribution in [0.3, 0.4) is 0 Å². The lowest BCUT2D eigenvalue weighted by Gasteiger charge is -2.20. The summed E-state index contributed by atoms with van der Waals surface area (Å²) < 4.78 is 0. The van der Waals surface area contributed by atoms with Gasteiger partial charge in [-0.25, -0.2) is 0 Å². The molecule has 0 fully saturated rings. The lowest BCUT2D eigenvalue weighted by atomic mass is 10.0. The summed E-state index contributed by atoms with van der Waals surface area (Å²) in [4.78, 5) is 12.5. The van der Waals surface area contributed by atoms with E-state index >= 15 is 0 Å². The number of aliphatic hydroxyl groups excluding tert-OH is 2. The summed E-state index contributed by atoms with van der Waals surface area (Å²) in [5.74, 6) is -0.0646. The molecule has 4 nitrogen and oxygen atoms in total. The van der Waals surface area contributed by atoms with Gasteiger partial charge in [0.2, 0.25) is 5.91 Å². The van der Waals surface area contributed by atoms with E-state index in [1.165, 1.54) is 218 Å². The molecule has 0 radical (unpaired) electrons. The molecule has 0 aliphatic rings. The Hall–Kier alpha value is -2.95. The van der Waals surface area contributed by atoms with Crippen molar-refractivity contribution in [2.75, 3.05) is 6.61 Å². The molecule has 0 aromatic heterocycles. The van der Waals surface area contributed by atoms with Gasteiger partial charge in [0.05, 0.1) is 18.8 Å². The first kappa shape index (κ1) is 72.0. The lowest BCUT2D eigenvalue weighted by molar-refractivity contribution is -0.123. The highest BCUT2D eigenvalue weighted by atomic mass is 16.3. The zero-order chi connectivity index (χ0) is 54.1. The lowest BCUT2D eigenvalue weighted by Crippen LogP contribution is -2.45. The van der Waals surface area contributed by atoms with Crippen LogP contribution in [0.2, 0.25) is 0 Å². The van der Waals surface area contributed by atoms with Crippen LogP contribution in [0.25, 0.3) is 0 Å². The third-order valence-corrected chi connectivity index (χ3v) is 14.5. The van der Waals surface area contributed by atoms with Gasteiger partial charge in [0.1, 0.15) is 0 Å². The van der Waals surface area contributed by atoms with Gasteiger partial charge >= 0.3 is 0 Å². The van der Waals surface area contributed by atoms with E-state index in [2.05, 4.69) is 116 Å². The van der Waals surface area contributed by atoms with Crippen LogP contribution < -0.4 is 5.32 Å². The quantitative estimate of drug-likeness (QED) is 0.0420. The number of nitrogens with one attached hydrogen (secondary N) is 1. The van der Waals surface area contributed by atoms with E-state index in [0.29, 0.717) is 6.42 Å². The van der Waals surface area contributed by atoms with Crippen molar-refractivity contribution in [2.24, 2.45) is 0 Å². The molecule has 4 heteroatoms. The van der Waals surface area contributed by atoms with Crippen molar-refractivity contribution in [1.82, 2.24) is 5.32 Å². The Labute approximate surface area is 467 Å². The molecule has 0 aromatic rings. The van der Waals surface area contributed by atoms with Crippen LogP contribution in [0.15, 0.2) is 109 Å². The smallest absolute Gasteiger partial charge is 0.220 e. The van der Waals surface area contributed by atoms with Crippen LogP contribution in [0, 0.1) is 0 Å². The molecule has 0 saturated heterocycles. The van der Waals surface area contributed by atoms with Crippen molar-refractivity contribution in [3.05, 3.63) is 109 Å². The Morgan fingerprint density at radius 2 is 0.587 bits per heavy atom. The summed E-state index contributed by atoms with van der Waals surface area (Å²) in [7, 11) is 0. The highest BCUT2D eigenvalue weighted by Gasteiger charge is 2.18. The molecule has 2 atom stereocenters. The molecule has 0 heterocycles. The molecule has 0 aromatic carbocycles. The van der Waals surface area contributed by atoms with Gasteiger partial charge in [-0.05, 0) is 83.5 Å². The predicted molar refractivity (Wildman–Crippen MR) is 336 cm³/mol. The Morgan fingerprint density at radius 3 is 0.880 bits per heavy atom. The molecule has 2 unspecified atom stereocenters. The minimum absolute atomic E-state index is 0.0646. The largest absolute Gasteiger partial charge is 0.394 e. The topological polar surface area (TPSA) is 69.6 Å². The zero-order valence-corrected chi connectivity index (χ0v) is 49.8. The first-order valence-electron chi connectivity index (χ1n) is 32.6. The monoisotopic (exact) mass is 1040 g/mol. The van der Waals surface area contributed by atoms with E-state index in [-0.39, 0.29) is 12.5 Å². The van der Waals surface area contributed by atoms with Gasteiger partial charge in [0.15, 0.2) is 0 Å². The number of allylic oxidation sites excluding steroid dienone is 17. The molecular formula is C71H125NO3. The summed E-state index contributed by atoms with van der Waals surface area (Å²) in [6, 6.07) is -0.629. The van der Waals surface area contributed by atoms with Crippen molar-refractivity contribution < 1.29 is 15.0 Å². The molecule has 0 bridgehead atoms. The van der Waals surface area contributed by atoms with Gasteiger partial charge in [-0.3, -0.25) is 4.79 Å². The van der Waals surface area contributed by atoms with E-state index in [1.54, 1.807) is 6.08 Å². The summed E-state index contributed by atoms with van der Waals surface area (Å²) >= 11 is 0. The van der Waals surface area contributed by atoms with Crippen molar-refractivity contribution in [3.8, 4) is 0 Å². The van der Waals surface area contributed by atoms with Crippen molar-refractivity contribution in [3.63, 3.8) is 0 Å². The van der Waals surface area contributed by atoms with E-state index < -0.39 is 12.1 Å². The number of carbonyl (C=O) groups is 1. The number of hydrogen-bond acceptors (Lipinski definition) is 3. The summed E-state index contributed by atoms with van der Waals surface area (Å²) in [5.41, 5.74) is 0. The Morgan fingerprint density at radius 1 is 0.333 bits per heavy atom. The molecule has 432 valence electrons. The second-order valence-electron chi connectivity index (χ2n) is 21.8. The van der Waals surface area contributed by atoms with Gasteiger partial charge in [-0.15, -0.1) is 0 Å². The summed E-state index contributed by atoms with van der Waals surface area (Å²) in [6.07, 6.45) is 98.5. The van der Waals surface area contributed by atoms with E-state index in [0.717, 1.165) is 77.0 Å². The molecule has 1 amide bonds.